The van der Waals surface area contributed by atoms with Crippen molar-refractivity contribution in [1.29, 1.82) is 0 Å². The molecule has 0 aliphatic carbocycles. The number of rotatable bonds is 7. The monoisotopic (exact) mass is 510 g/mol. The minimum absolute atomic E-state index is 0. The average molecular weight is 511 g/mol. The number of amides is 1. The summed E-state index contributed by atoms with van der Waals surface area (Å²) in [7, 11) is 0. The van der Waals surface area contributed by atoms with Crippen molar-refractivity contribution in [2.24, 2.45) is 0 Å². The number of nitrogens with one attached hydrogen (secondary N) is 1. The third kappa shape index (κ3) is 5.91. The highest BCUT2D eigenvalue weighted by molar-refractivity contribution is 5.94. The van der Waals surface area contributed by atoms with Gasteiger partial charge in [0.1, 0.15) is 17.3 Å². The number of carbonyl (C=O) groups is 1. The van der Waals surface area contributed by atoms with Crippen LogP contribution < -0.4 is 17.3 Å². The predicted octanol–water partition coefficient (Wildman–Crippen LogP) is 0.570. The Morgan fingerprint density at radius 1 is 0.917 bits per heavy atom. The van der Waals surface area contributed by atoms with E-state index >= 15 is 0 Å². The van der Waals surface area contributed by atoms with E-state index in [2.05, 4.69) is 4.98 Å². The van der Waals surface area contributed by atoms with Gasteiger partial charge in [0.05, 0.1) is 38.3 Å². The summed E-state index contributed by atoms with van der Waals surface area (Å²) >= 11 is 0. The molecule has 0 radical (unpaired) electrons. The molecule has 1 amide bonds. The molecule has 5 nitrogen and oxygen atoms in total. The Morgan fingerprint density at radius 2 is 1.53 bits per heavy atom. The summed E-state index contributed by atoms with van der Waals surface area (Å²) in [5.74, 6) is -0.356. The molecule has 1 saturated heterocycles. The largest absolute Gasteiger partial charge is 1.00 e. The summed E-state index contributed by atoms with van der Waals surface area (Å²) < 4.78 is 28.8. The zero-order valence-corrected chi connectivity index (χ0v) is 20.7. The number of fused-ring (bicyclic) bond motifs is 1. The van der Waals surface area contributed by atoms with E-state index < -0.39 is 0 Å². The first-order valence-electron chi connectivity index (χ1n) is 12.1. The van der Waals surface area contributed by atoms with Gasteiger partial charge in [0.25, 0.3) is 5.91 Å². The van der Waals surface area contributed by atoms with E-state index in [0.29, 0.717) is 5.56 Å². The van der Waals surface area contributed by atoms with Crippen LogP contribution in [0.25, 0.3) is 5.65 Å². The van der Waals surface area contributed by atoms with Crippen molar-refractivity contribution in [3.63, 3.8) is 0 Å². The van der Waals surface area contributed by atoms with E-state index in [1.807, 2.05) is 58.1 Å². The van der Waals surface area contributed by atoms with Crippen LogP contribution >= 0.6 is 0 Å². The molecule has 4 aromatic rings. The number of hydrogen-bond acceptors (Lipinski definition) is 2. The van der Waals surface area contributed by atoms with Crippen LogP contribution in [0.1, 0.15) is 40.2 Å². The van der Waals surface area contributed by atoms with Crippen LogP contribution in [-0.4, -0.2) is 52.9 Å². The standard InChI is InChI=1S/C28H28F2N4O.ClH/c29-24-8-3-21(4-9-24)26(22-5-10-25(30)11-6-22)2-1-14-32-16-18-33(19-17-32)28(35)23-7-12-27-31-13-15-34(27)20-23;/h3-13,15,20,26H,1-2,14,16-19H2;1H. The number of carbonyl (C=O) groups excluding carboxylic acids is 1. The molecule has 0 spiro atoms. The van der Waals surface area contributed by atoms with Crippen molar-refractivity contribution in [3.05, 3.63) is 108 Å². The highest BCUT2D eigenvalue weighted by atomic mass is 35.5. The first-order valence-corrected chi connectivity index (χ1v) is 12.1. The molecule has 0 unspecified atom stereocenters. The van der Waals surface area contributed by atoms with Crippen molar-refractivity contribution >= 4 is 11.6 Å². The molecule has 0 saturated carbocycles. The van der Waals surface area contributed by atoms with E-state index in [1.165, 1.54) is 29.2 Å². The number of hydrogen-bond donors (Lipinski definition) is 1. The maximum atomic E-state index is 13.5. The first kappa shape index (κ1) is 25.8. The topological polar surface area (TPSA) is 42.1 Å². The molecule has 2 aromatic heterocycles. The minimum atomic E-state index is -0.256. The van der Waals surface area contributed by atoms with Crippen LogP contribution in [0.2, 0.25) is 0 Å². The van der Waals surface area contributed by atoms with E-state index in [1.54, 1.807) is 6.20 Å². The number of quaternary nitrogens is 1. The Labute approximate surface area is 215 Å². The van der Waals surface area contributed by atoms with E-state index in [4.69, 9.17) is 0 Å². The fourth-order valence-electron chi connectivity index (χ4n) is 4.98. The van der Waals surface area contributed by atoms with Gasteiger partial charge in [0.15, 0.2) is 0 Å². The molecule has 8 heteroatoms. The van der Waals surface area contributed by atoms with Crippen molar-refractivity contribution in [1.82, 2.24) is 14.3 Å². The number of imidazole rings is 1. The molecule has 36 heavy (non-hydrogen) atoms. The predicted molar refractivity (Wildman–Crippen MR) is 131 cm³/mol. The van der Waals surface area contributed by atoms with Crippen molar-refractivity contribution in [2.45, 2.75) is 18.8 Å². The zero-order chi connectivity index (χ0) is 24.2. The number of benzene rings is 2. The summed E-state index contributed by atoms with van der Waals surface area (Å²) in [6.45, 7) is 4.29. The molecule has 3 heterocycles. The third-order valence-corrected chi connectivity index (χ3v) is 6.96. The van der Waals surface area contributed by atoms with Crippen LogP contribution in [0.3, 0.4) is 0 Å². The Bertz CT molecular complexity index is 1240. The minimum Gasteiger partial charge on any atom is -1.00 e. The van der Waals surface area contributed by atoms with Gasteiger partial charge in [-0.15, -0.1) is 0 Å². The lowest BCUT2D eigenvalue weighted by atomic mass is 9.87. The highest BCUT2D eigenvalue weighted by Crippen LogP contribution is 2.29. The summed E-state index contributed by atoms with van der Waals surface area (Å²) in [5, 5.41) is 0. The fraction of sp³-hybridized carbons (Fsp3) is 0.286. The van der Waals surface area contributed by atoms with Crippen LogP contribution in [0.5, 0.6) is 0 Å². The van der Waals surface area contributed by atoms with Crippen molar-refractivity contribution in [3.8, 4) is 0 Å². The van der Waals surface area contributed by atoms with Crippen LogP contribution in [0.15, 0.2) is 79.3 Å². The molecule has 188 valence electrons. The number of halogens is 3. The number of piperazine rings is 1. The fourth-order valence-corrected chi connectivity index (χ4v) is 4.98. The van der Waals surface area contributed by atoms with Gasteiger partial charge in [-0.3, -0.25) is 4.79 Å². The molecule has 1 N–H and O–H groups in total. The maximum absolute atomic E-state index is 13.5. The summed E-state index contributed by atoms with van der Waals surface area (Å²) in [6, 6.07) is 16.9. The second-order valence-corrected chi connectivity index (χ2v) is 9.20. The summed E-state index contributed by atoms with van der Waals surface area (Å²) in [4.78, 5) is 20.6. The van der Waals surface area contributed by atoms with Gasteiger partial charge in [-0.2, -0.15) is 0 Å². The maximum Gasteiger partial charge on any atom is 0.255 e. The molecule has 0 bridgehead atoms. The normalized spacial score (nSPS) is 14.2. The van der Waals surface area contributed by atoms with Crippen LogP contribution in [-0.2, 0) is 0 Å². The van der Waals surface area contributed by atoms with Gasteiger partial charge >= 0.3 is 0 Å². The van der Waals surface area contributed by atoms with Gasteiger partial charge < -0.3 is 26.6 Å². The quantitative estimate of drug-likeness (QED) is 0.395. The smallest absolute Gasteiger partial charge is 0.255 e. The number of nitrogens with zero attached hydrogens (tertiary/aromatic N) is 3. The average Bonchev–Trinajstić information content (AvgIpc) is 3.36. The molecule has 1 aliphatic heterocycles. The van der Waals surface area contributed by atoms with Crippen LogP contribution in [0.4, 0.5) is 8.78 Å². The molecule has 5 rings (SSSR count). The Balaban J connectivity index is 0.00000304. The van der Waals surface area contributed by atoms with Crippen LogP contribution in [0, 0.1) is 11.6 Å². The third-order valence-electron chi connectivity index (χ3n) is 6.96. The lowest BCUT2D eigenvalue weighted by Gasteiger charge is -2.32. The molecule has 1 fully saturated rings. The van der Waals surface area contributed by atoms with Gasteiger partial charge in [0, 0.05) is 24.5 Å². The molecule has 1 aliphatic rings. The number of aromatic nitrogens is 2. The molecule has 2 aromatic carbocycles. The van der Waals surface area contributed by atoms with Crippen molar-refractivity contribution < 1.29 is 30.9 Å². The molecular formula is C28H29ClF2N4O. The van der Waals surface area contributed by atoms with Gasteiger partial charge in [-0.25, -0.2) is 13.8 Å². The Hall–Kier alpha value is -3.29. The van der Waals surface area contributed by atoms with E-state index in [0.717, 1.165) is 62.3 Å². The second-order valence-electron chi connectivity index (χ2n) is 9.20. The summed E-state index contributed by atoms with van der Waals surface area (Å²) in [6.07, 6.45) is 7.30. The SMILES string of the molecule is O=C(c1ccc2nccn2c1)N1CC[NH+](CCCC(c2ccc(F)cc2)c2ccc(F)cc2)CC1.[Cl-]. The van der Waals surface area contributed by atoms with E-state index in [9.17, 15) is 13.6 Å². The first-order chi connectivity index (χ1) is 17.1. The molecule has 0 atom stereocenters. The lowest BCUT2D eigenvalue weighted by molar-refractivity contribution is -0.904. The zero-order valence-electron chi connectivity index (χ0n) is 19.9. The van der Waals surface area contributed by atoms with Gasteiger partial charge in [0.2, 0.25) is 0 Å². The lowest BCUT2D eigenvalue weighted by Crippen LogP contribution is -3.14. The molecular weight excluding hydrogens is 482 g/mol. The Morgan fingerprint density at radius 3 is 2.14 bits per heavy atom. The highest BCUT2D eigenvalue weighted by Gasteiger charge is 2.25. The number of pyridine rings is 1. The van der Waals surface area contributed by atoms with Gasteiger partial charge in [-0.05, 0) is 60.4 Å². The van der Waals surface area contributed by atoms with Gasteiger partial charge in [-0.1, -0.05) is 24.3 Å². The van der Waals surface area contributed by atoms with E-state index in [-0.39, 0.29) is 35.9 Å². The second kappa shape index (κ2) is 11.6. The summed E-state index contributed by atoms with van der Waals surface area (Å²) in [5.41, 5.74) is 3.59. The Kier molecular flexibility index (Phi) is 8.33. The van der Waals surface area contributed by atoms with Crippen molar-refractivity contribution in [2.75, 3.05) is 32.7 Å².